The number of carbonyl (C=O) groups is 3. The standard InChI is InChI=1S/C9H13NO5/c1-15-7(11)4-6(9(13)14)10-8(12)5-2-3-5/h5-6H,2-4H2,1H3,(H,10,12)(H,13,14)/t6-/m0/s1. The molecule has 1 amide bonds. The third-order valence-corrected chi connectivity index (χ3v) is 2.16. The second-order valence-electron chi connectivity index (χ2n) is 3.45. The van der Waals surface area contributed by atoms with Gasteiger partial charge in [-0.05, 0) is 12.8 Å². The van der Waals surface area contributed by atoms with Gasteiger partial charge in [0.2, 0.25) is 5.91 Å². The zero-order chi connectivity index (χ0) is 11.4. The van der Waals surface area contributed by atoms with E-state index in [1.54, 1.807) is 0 Å². The summed E-state index contributed by atoms with van der Waals surface area (Å²) in [6.45, 7) is 0. The van der Waals surface area contributed by atoms with E-state index in [1.165, 1.54) is 7.11 Å². The average molecular weight is 215 g/mol. The van der Waals surface area contributed by atoms with Crippen LogP contribution in [0.15, 0.2) is 0 Å². The zero-order valence-corrected chi connectivity index (χ0v) is 8.36. The van der Waals surface area contributed by atoms with E-state index < -0.39 is 18.0 Å². The molecule has 1 fully saturated rings. The molecule has 6 heteroatoms. The van der Waals surface area contributed by atoms with Crippen molar-refractivity contribution in [1.82, 2.24) is 5.32 Å². The van der Waals surface area contributed by atoms with Gasteiger partial charge in [-0.2, -0.15) is 0 Å². The Balaban J connectivity index is 2.45. The van der Waals surface area contributed by atoms with Gasteiger partial charge in [-0.1, -0.05) is 0 Å². The molecule has 6 nitrogen and oxygen atoms in total. The fourth-order valence-electron chi connectivity index (χ4n) is 1.09. The van der Waals surface area contributed by atoms with Crippen LogP contribution in [0.2, 0.25) is 0 Å². The van der Waals surface area contributed by atoms with Crippen LogP contribution >= 0.6 is 0 Å². The molecule has 0 aliphatic heterocycles. The number of rotatable bonds is 5. The van der Waals surface area contributed by atoms with Crippen LogP contribution < -0.4 is 5.32 Å². The molecule has 0 unspecified atom stereocenters. The monoisotopic (exact) mass is 215 g/mol. The Morgan fingerprint density at radius 2 is 2.07 bits per heavy atom. The number of carboxylic acid groups (broad SMARTS) is 1. The molecule has 15 heavy (non-hydrogen) atoms. The Labute approximate surface area is 86.6 Å². The number of methoxy groups -OCH3 is 1. The summed E-state index contributed by atoms with van der Waals surface area (Å²) < 4.78 is 4.33. The van der Waals surface area contributed by atoms with E-state index in [4.69, 9.17) is 5.11 Å². The maximum atomic E-state index is 11.3. The molecule has 0 aromatic rings. The van der Waals surface area contributed by atoms with E-state index in [0.29, 0.717) is 0 Å². The third-order valence-electron chi connectivity index (χ3n) is 2.16. The van der Waals surface area contributed by atoms with Crippen molar-refractivity contribution in [2.45, 2.75) is 25.3 Å². The van der Waals surface area contributed by atoms with Gasteiger partial charge < -0.3 is 15.2 Å². The Kier molecular flexibility index (Phi) is 3.65. The summed E-state index contributed by atoms with van der Waals surface area (Å²) in [5.41, 5.74) is 0. The molecule has 0 spiro atoms. The van der Waals surface area contributed by atoms with E-state index in [2.05, 4.69) is 10.1 Å². The number of amides is 1. The quantitative estimate of drug-likeness (QED) is 0.605. The second kappa shape index (κ2) is 4.77. The number of carboxylic acids is 1. The third kappa shape index (κ3) is 3.57. The lowest BCUT2D eigenvalue weighted by Gasteiger charge is -2.12. The summed E-state index contributed by atoms with van der Waals surface area (Å²) in [4.78, 5) is 32.8. The fourth-order valence-corrected chi connectivity index (χ4v) is 1.09. The predicted octanol–water partition coefficient (Wildman–Crippen LogP) is -0.471. The summed E-state index contributed by atoms with van der Waals surface area (Å²) in [7, 11) is 1.17. The van der Waals surface area contributed by atoms with E-state index >= 15 is 0 Å². The van der Waals surface area contributed by atoms with Gasteiger partial charge in [0.1, 0.15) is 6.04 Å². The molecule has 1 rings (SSSR count). The molecule has 0 aromatic carbocycles. The number of nitrogens with one attached hydrogen (secondary N) is 1. The normalized spacial score (nSPS) is 16.6. The summed E-state index contributed by atoms with van der Waals surface area (Å²) in [6.07, 6.45) is 1.23. The first-order valence-electron chi connectivity index (χ1n) is 4.64. The lowest BCUT2D eigenvalue weighted by atomic mass is 10.2. The average Bonchev–Trinajstić information content (AvgIpc) is 2.99. The highest BCUT2D eigenvalue weighted by molar-refractivity contribution is 5.88. The van der Waals surface area contributed by atoms with Gasteiger partial charge in [0.05, 0.1) is 13.5 Å². The van der Waals surface area contributed by atoms with Crippen LogP contribution in [0.3, 0.4) is 0 Å². The molecule has 2 N–H and O–H groups in total. The number of hydrogen-bond acceptors (Lipinski definition) is 4. The zero-order valence-electron chi connectivity index (χ0n) is 8.36. The van der Waals surface area contributed by atoms with Crippen LogP contribution in [-0.4, -0.2) is 36.1 Å². The summed E-state index contributed by atoms with van der Waals surface area (Å²) in [6, 6.07) is -1.19. The predicted molar refractivity (Wildman–Crippen MR) is 48.9 cm³/mol. The minimum Gasteiger partial charge on any atom is -0.480 e. The number of hydrogen-bond donors (Lipinski definition) is 2. The molecular formula is C9H13NO5. The molecular weight excluding hydrogens is 202 g/mol. The first kappa shape index (κ1) is 11.5. The van der Waals surface area contributed by atoms with Crippen LogP contribution in [-0.2, 0) is 19.1 Å². The molecule has 0 bridgehead atoms. The lowest BCUT2D eigenvalue weighted by molar-refractivity contribution is -0.148. The topological polar surface area (TPSA) is 92.7 Å². The van der Waals surface area contributed by atoms with E-state index in [1.807, 2.05) is 0 Å². The van der Waals surface area contributed by atoms with Crippen LogP contribution in [0.25, 0.3) is 0 Å². The first-order chi connectivity index (χ1) is 7.04. The van der Waals surface area contributed by atoms with Crippen molar-refractivity contribution in [2.24, 2.45) is 5.92 Å². The maximum Gasteiger partial charge on any atom is 0.326 e. The van der Waals surface area contributed by atoms with Crippen molar-refractivity contribution >= 4 is 17.8 Å². The highest BCUT2D eigenvalue weighted by atomic mass is 16.5. The van der Waals surface area contributed by atoms with Crippen molar-refractivity contribution in [1.29, 1.82) is 0 Å². The summed E-state index contributed by atoms with van der Waals surface area (Å²) in [5, 5.41) is 11.1. The molecule has 1 aliphatic rings. The number of aliphatic carboxylic acids is 1. The lowest BCUT2D eigenvalue weighted by Crippen LogP contribution is -2.43. The van der Waals surface area contributed by atoms with Crippen LogP contribution in [0.5, 0.6) is 0 Å². The molecule has 1 aliphatic carbocycles. The van der Waals surface area contributed by atoms with E-state index in [-0.39, 0.29) is 18.2 Å². The largest absolute Gasteiger partial charge is 0.480 e. The van der Waals surface area contributed by atoms with Crippen molar-refractivity contribution in [3.8, 4) is 0 Å². The fraction of sp³-hybridized carbons (Fsp3) is 0.667. The SMILES string of the molecule is COC(=O)C[C@H](NC(=O)C1CC1)C(=O)O. The van der Waals surface area contributed by atoms with Gasteiger partial charge in [-0.3, -0.25) is 9.59 Å². The Morgan fingerprint density at radius 1 is 1.47 bits per heavy atom. The smallest absolute Gasteiger partial charge is 0.326 e. The van der Waals surface area contributed by atoms with Gasteiger partial charge in [-0.25, -0.2) is 4.79 Å². The van der Waals surface area contributed by atoms with Crippen LogP contribution in [0.1, 0.15) is 19.3 Å². The number of esters is 1. The van der Waals surface area contributed by atoms with Crippen molar-refractivity contribution in [3.63, 3.8) is 0 Å². The maximum absolute atomic E-state index is 11.3. The van der Waals surface area contributed by atoms with Gasteiger partial charge in [0.15, 0.2) is 0 Å². The van der Waals surface area contributed by atoms with Gasteiger partial charge in [0.25, 0.3) is 0 Å². The highest BCUT2D eigenvalue weighted by Crippen LogP contribution is 2.28. The summed E-state index contributed by atoms with van der Waals surface area (Å²) in [5.74, 6) is -2.26. The minimum absolute atomic E-state index is 0.0792. The van der Waals surface area contributed by atoms with Crippen LogP contribution in [0.4, 0.5) is 0 Å². The molecule has 0 heterocycles. The molecule has 84 valence electrons. The van der Waals surface area contributed by atoms with Crippen molar-refractivity contribution in [2.75, 3.05) is 7.11 Å². The van der Waals surface area contributed by atoms with Crippen LogP contribution in [0, 0.1) is 5.92 Å². The van der Waals surface area contributed by atoms with Gasteiger partial charge in [0, 0.05) is 5.92 Å². The van der Waals surface area contributed by atoms with E-state index in [9.17, 15) is 14.4 Å². The molecule has 1 saturated carbocycles. The van der Waals surface area contributed by atoms with E-state index in [0.717, 1.165) is 12.8 Å². The molecule has 0 radical (unpaired) electrons. The Bertz CT molecular complexity index is 284. The number of carbonyl (C=O) groups excluding carboxylic acids is 2. The number of ether oxygens (including phenoxy) is 1. The van der Waals surface area contributed by atoms with Gasteiger partial charge in [-0.15, -0.1) is 0 Å². The Morgan fingerprint density at radius 3 is 2.47 bits per heavy atom. The molecule has 1 atom stereocenters. The van der Waals surface area contributed by atoms with Crippen molar-refractivity contribution in [3.05, 3.63) is 0 Å². The molecule has 0 aromatic heterocycles. The van der Waals surface area contributed by atoms with Gasteiger partial charge >= 0.3 is 11.9 Å². The summed E-state index contributed by atoms with van der Waals surface area (Å²) >= 11 is 0. The van der Waals surface area contributed by atoms with Crippen molar-refractivity contribution < 1.29 is 24.2 Å². The molecule has 0 saturated heterocycles. The Hall–Kier alpha value is -1.59. The first-order valence-corrected chi connectivity index (χ1v) is 4.64. The minimum atomic E-state index is -1.23. The highest BCUT2D eigenvalue weighted by Gasteiger charge is 2.33. The second-order valence-corrected chi connectivity index (χ2v) is 3.45.